The van der Waals surface area contributed by atoms with Gasteiger partial charge in [-0.15, -0.1) is 11.8 Å². The maximum Gasteiger partial charge on any atom is 0.339 e. The van der Waals surface area contributed by atoms with E-state index in [0.29, 0.717) is 36.0 Å². The van der Waals surface area contributed by atoms with Crippen LogP contribution in [-0.4, -0.2) is 44.5 Å². The molecule has 7 nitrogen and oxygen atoms in total. The molecule has 3 rings (SSSR count). The third-order valence-corrected chi connectivity index (χ3v) is 5.04. The lowest BCUT2D eigenvalue weighted by Crippen LogP contribution is -2.35. The molecule has 0 saturated heterocycles. The molecule has 8 heteroatoms. The van der Waals surface area contributed by atoms with Crippen molar-refractivity contribution in [2.75, 3.05) is 37.5 Å². The highest BCUT2D eigenvalue weighted by Crippen LogP contribution is 2.34. The van der Waals surface area contributed by atoms with E-state index in [-0.39, 0.29) is 13.0 Å². The van der Waals surface area contributed by atoms with Crippen LogP contribution in [0, 0.1) is 11.3 Å². The summed E-state index contributed by atoms with van der Waals surface area (Å²) in [5, 5.41) is 8.94. The summed E-state index contributed by atoms with van der Waals surface area (Å²) in [6.07, 6.45) is 2.01. The van der Waals surface area contributed by atoms with Crippen molar-refractivity contribution in [3.63, 3.8) is 0 Å². The van der Waals surface area contributed by atoms with Gasteiger partial charge in [0, 0.05) is 23.2 Å². The summed E-state index contributed by atoms with van der Waals surface area (Å²) in [4.78, 5) is 27.4. The molecule has 29 heavy (non-hydrogen) atoms. The van der Waals surface area contributed by atoms with Gasteiger partial charge in [-0.25, -0.2) is 4.79 Å². The standard InChI is InChI=1S/C21H20N2O5S/c1-29-19-6-3-2-5-16(19)21(25)28-14-20(24)23(10-4-9-22)15-7-8-17-18(13-15)27-12-11-26-17/h2-3,5-8,13H,4,10-12,14H2,1H3. The number of benzene rings is 2. The molecule has 0 radical (unpaired) electrons. The Morgan fingerprint density at radius 3 is 2.69 bits per heavy atom. The Balaban J connectivity index is 1.72. The Morgan fingerprint density at radius 2 is 1.93 bits per heavy atom. The average molecular weight is 412 g/mol. The second-order valence-corrected chi connectivity index (χ2v) is 6.91. The van der Waals surface area contributed by atoms with Crippen LogP contribution in [0.3, 0.4) is 0 Å². The Kier molecular flexibility index (Phi) is 6.98. The lowest BCUT2D eigenvalue weighted by molar-refractivity contribution is -0.121. The molecule has 2 aromatic rings. The average Bonchev–Trinajstić information content (AvgIpc) is 2.77. The zero-order chi connectivity index (χ0) is 20.6. The predicted octanol–water partition coefficient (Wildman–Crippen LogP) is 3.28. The fourth-order valence-electron chi connectivity index (χ4n) is 2.86. The van der Waals surface area contributed by atoms with Crippen molar-refractivity contribution < 1.29 is 23.8 Å². The van der Waals surface area contributed by atoms with Crippen LogP contribution < -0.4 is 14.4 Å². The van der Waals surface area contributed by atoms with Crippen LogP contribution in [0.5, 0.6) is 11.5 Å². The first kappa shape index (κ1) is 20.6. The number of carbonyl (C=O) groups excluding carboxylic acids is 2. The summed E-state index contributed by atoms with van der Waals surface area (Å²) in [6, 6.07) is 14.2. The fourth-order valence-corrected chi connectivity index (χ4v) is 3.44. The number of fused-ring (bicyclic) bond motifs is 1. The lowest BCUT2D eigenvalue weighted by atomic mass is 10.2. The molecule has 1 aliphatic heterocycles. The summed E-state index contributed by atoms with van der Waals surface area (Å²) in [6.45, 7) is 0.640. The summed E-state index contributed by atoms with van der Waals surface area (Å²) in [5.41, 5.74) is 0.964. The number of nitriles is 1. The van der Waals surface area contributed by atoms with Crippen molar-refractivity contribution in [2.24, 2.45) is 0 Å². The highest BCUT2D eigenvalue weighted by Gasteiger charge is 2.21. The number of carbonyl (C=O) groups is 2. The number of hydrogen-bond acceptors (Lipinski definition) is 7. The SMILES string of the molecule is CSc1ccccc1C(=O)OCC(=O)N(CCC#N)c1ccc2c(c1)OCCO2. The third kappa shape index (κ3) is 5.00. The highest BCUT2D eigenvalue weighted by atomic mass is 32.2. The number of anilines is 1. The van der Waals surface area contributed by atoms with Gasteiger partial charge in [0.25, 0.3) is 5.91 Å². The van der Waals surface area contributed by atoms with Crippen molar-refractivity contribution >= 4 is 29.3 Å². The molecule has 1 amide bonds. The first-order valence-corrected chi connectivity index (χ1v) is 10.2. The van der Waals surface area contributed by atoms with E-state index in [2.05, 4.69) is 0 Å². The maximum atomic E-state index is 12.8. The Labute approximate surface area is 173 Å². The number of thioether (sulfide) groups is 1. The molecule has 1 heterocycles. The second kappa shape index (κ2) is 9.85. The first-order valence-electron chi connectivity index (χ1n) is 9.01. The Hall–Kier alpha value is -3.18. The van der Waals surface area contributed by atoms with Crippen LogP contribution in [0.1, 0.15) is 16.8 Å². The molecule has 150 valence electrons. The number of ether oxygens (including phenoxy) is 3. The highest BCUT2D eigenvalue weighted by molar-refractivity contribution is 7.98. The molecule has 0 saturated carbocycles. The molecule has 0 spiro atoms. The quantitative estimate of drug-likeness (QED) is 0.509. The molecule has 0 fully saturated rings. The van der Waals surface area contributed by atoms with E-state index in [4.69, 9.17) is 19.5 Å². The smallest absolute Gasteiger partial charge is 0.339 e. The van der Waals surface area contributed by atoms with E-state index in [1.807, 2.05) is 24.5 Å². The van der Waals surface area contributed by atoms with Gasteiger partial charge in [0.15, 0.2) is 18.1 Å². The monoisotopic (exact) mass is 412 g/mol. The molecule has 0 unspecified atom stereocenters. The van der Waals surface area contributed by atoms with E-state index in [1.54, 1.807) is 30.3 Å². The molecule has 1 aliphatic rings. The lowest BCUT2D eigenvalue weighted by Gasteiger charge is -2.24. The number of hydrogen-bond donors (Lipinski definition) is 0. The van der Waals surface area contributed by atoms with Gasteiger partial charge in [-0.2, -0.15) is 5.26 Å². The maximum absolute atomic E-state index is 12.8. The van der Waals surface area contributed by atoms with Crippen LogP contribution in [-0.2, 0) is 9.53 Å². The normalized spacial score (nSPS) is 12.0. The molecule has 0 bridgehead atoms. The van der Waals surface area contributed by atoms with Crippen molar-refractivity contribution in [1.82, 2.24) is 0 Å². The van der Waals surface area contributed by atoms with E-state index in [9.17, 15) is 9.59 Å². The van der Waals surface area contributed by atoms with Gasteiger partial charge in [0.2, 0.25) is 0 Å². The van der Waals surface area contributed by atoms with Crippen molar-refractivity contribution in [3.05, 3.63) is 48.0 Å². The third-order valence-electron chi connectivity index (χ3n) is 4.24. The second-order valence-electron chi connectivity index (χ2n) is 6.06. The fraction of sp³-hybridized carbons (Fsp3) is 0.286. The van der Waals surface area contributed by atoms with E-state index in [0.717, 1.165) is 4.90 Å². The van der Waals surface area contributed by atoms with Gasteiger partial charge in [0.05, 0.1) is 18.1 Å². The van der Waals surface area contributed by atoms with Crippen LogP contribution in [0.15, 0.2) is 47.4 Å². The first-order chi connectivity index (χ1) is 14.1. The zero-order valence-corrected chi connectivity index (χ0v) is 16.7. The number of esters is 1. The Morgan fingerprint density at radius 1 is 1.17 bits per heavy atom. The zero-order valence-electron chi connectivity index (χ0n) is 15.9. The molecule has 0 atom stereocenters. The minimum atomic E-state index is -0.564. The molecular weight excluding hydrogens is 392 g/mol. The van der Waals surface area contributed by atoms with Gasteiger partial charge in [-0.05, 0) is 30.5 Å². The van der Waals surface area contributed by atoms with E-state index >= 15 is 0 Å². The summed E-state index contributed by atoms with van der Waals surface area (Å²) < 4.78 is 16.3. The van der Waals surface area contributed by atoms with Gasteiger partial charge in [0.1, 0.15) is 13.2 Å². The summed E-state index contributed by atoms with van der Waals surface area (Å²) >= 11 is 1.43. The molecular formula is C21H20N2O5S. The minimum absolute atomic E-state index is 0.142. The van der Waals surface area contributed by atoms with Crippen molar-refractivity contribution in [2.45, 2.75) is 11.3 Å². The molecule has 0 aliphatic carbocycles. The van der Waals surface area contributed by atoms with E-state index in [1.165, 1.54) is 16.7 Å². The van der Waals surface area contributed by atoms with Crippen molar-refractivity contribution in [1.29, 1.82) is 5.26 Å². The molecule has 0 N–H and O–H groups in total. The Bertz CT molecular complexity index is 941. The van der Waals surface area contributed by atoms with Gasteiger partial charge < -0.3 is 19.1 Å². The number of rotatable bonds is 7. The minimum Gasteiger partial charge on any atom is -0.486 e. The summed E-state index contributed by atoms with van der Waals surface area (Å²) in [7, 11) is 0. The van der Waals surface area contributed by atoms with Gasteiger partial charge in [-0.3, -0.25) is 4.79 Å². The summed E-state index contributed by atoms with van der Waals surface area (Å²) in [5.74, 6) is 0.153. The van der Waals surface area contributed by atoms with Crippen molar-refractivity contribution in [3.8, 4) is 17.6 Å². The van der Waals surface area contributed by atoms with Crippen LogP contribution in [0.25, 0.3) is 0 Å². The van der Waals surface area contributed by atoms with Gasteiger partial charge in [-0.1, -0.05) is 12.1 Å². The molecule has 2 aromatic carbocycles. The number of amides is 1. The van der Waals surface area contributed by atoms with Crippen LogP contribution >= 0.6 is 11.8 Å². The van der Waals surface area contributed by atoms with E-state index < -0.39 is 18.5 Å². The van der Waals surface area contributed by atoms with Crippen LogP contribution in [0.4, 0.5) is 5.69 Å². The topological polar surface area (TPSA) is 88.9 Å². The molecule has 0 aromatic heterocycles. The predicted molar refractivity (Wildman–Crippen MR) is 109 cm³/mol. The number of nitrogens with zero attached hydrogens (tertiary/aromatic N) is 2. The van der Waals surface area contributed by atoms with Crippen LogP contribution in [0.2, 0.25) is 0 Å². The largest absolute Gasteiger partial charge is 0.486 e. The van der Waals surface area contributed by atoms with Gasteiger partial charge >= 0.3 is 5.97 Å².